The first-order valence-electron chi connectivity index (χ1n) is 9.31. The molecular weight excluding hydrogens is 320 g/mol. The summed E-state index contributed by atoms with van der Waals surface area (Å²) < 4.78 is 5.76. The lowest BCUT2D eigenvalue weighted by atomic mass is 9.90. The predicted molar refractivity (Wildman–Crippen MR) is 93.4 cm³/mol. The van der Waals surface area contributed by atoms with Crippen LogP contribution in [0.1, 0.15) is 62.5 Å². The second kappa shape index (κ2) is 7.06. The zero-order valence-corrected chi connectivity index (χ0v) is 15.4. The minimum absolute atomic E-state index is 0.0148. The number of aryl methyl sites for hydroxylation is 1. The fraction of sp³-hybridized carbons (Fsp3) is 0.722. The lowest BCUT2D eigenvalue weighted by Crippen LogP contribution is -2.49. The van der Waals surface area contributed by atoms with Gasteiger partial charge >= 0.3 is 6.09 Å². The number of H-pyrrole nitrogens is 1. The fourth-order valence-corrected chi connectivity index (χ4v) is 3.88. The molecule has 1 aromatic heterocycles. The second-order valence-corrected chi connectivity index (χ2v) is 7.22. The van der Waals surface area contributed by atoms with E-state index in [1.165, 1.54) is 0 Å². The number of aromatic nitrogens is 2. The molecule has 1 unspecified atom stereocenters. The molecule has 0 radical (unpaired) electrons. The molecule has 3 rings (SSSR count). The Balaban J connectivity index is 1.62. The van der Waals surface area contributed by atoms with Crippen molar-refractivity contribution in [2.45, 2.75) is 64.5 Å². The maximum atomic E-state index is 12.7. The SMILES string of the molecule is CCCC(C)N1CC2(CCN(C(=O)c3cn[nH]c3CC)CC2)OC1=O. The first-order valence-corrected chi connectivity index (χ1v) is 9.31. The maximum absolute atomic E-state index is 12.7. The average Bonchev–Trinajstić information content (AvgIpc) is 3.20. The van der Waals surface area contributed by atoms with Crippen molar-refractivity contribution < 1.29 is 14.3 Å². The number of likely N-dealkylation sites (tertiary alicyclic amines) is 1. The summed E-state index contributed by atoms with van der Waals surface area (Å²) in [5.74, 6) is 0.0148. The van der Waals surface area contributed by atoms with Crippen LogP contribution in [0, 0.1) is 0 Å². The fourth-order valence-electron chi connectivity index (χ4n) is 3.88. The average molecular weight is 348 g/mol. The summed E-state index contributed by atoms with van der Waals surface area (Å²) in [4.78, 5) is 28.7. The first kappa shape index (κ1) is 17.8. The van der Waals surface area contributed by atoms with E-state index in [4.69, 9.17) is 4.74 Å². The van der Waals surface area contributed by atoms with Gasteiger partial charge < -0.3 is 14.5 Å². The van der Waals surface area contributed by atoms with Gasteiger partial charge in [-0.25, -0.2) is 4.79 Å². The number of amides is 2. The van der Waals surface area contributed by atoms with Crippen molar-refractivity contribution in [1.29, 1.82) is 0 Å². The van der Waals surface area contributed by atoms with Crippen LogP contribution in [0.15, 0.2) is 6.20 Å². The summed E-state index contributed by atoms with van der Waals surface area (Å²) in [7, 11) is 0. The molecule has 138 valence electrons. The topological polar surface area (TPSA) is 78.5 Å². The first-order chi connectivity index (χ1) is 12.0. The smallest absolute Gasteiger partial charge is 0.410 e. The van der Waals surface area contributed by atoms with E-state index in [-0.39, 0.29) is 18.0 Å². The van der Waals surface area contributed by atoms with Crippen LogP contribution in [0.5, 0.6) is 0 Å². The molecule has 3 heterocycles. The lowest BCUT2D eigenvalue weighted by Gasteiger charge is -2.37. The van der Waals surface area contributed by atoms with E-state index in [0.717, 1.165) is 25.0 Å². The number of rotatable bonds is 5. The van der Waals surface area contributed by atoms with Gasteiger partial charge in [-0.1, -0.05) is 20.3 Å². The highest BCUT2D eigenvalue weighted by Gasteiger charge is 2.48. The van der Waals surface area contributed by atoms with Crippen LogP contribution in [0.25, 0.3) is 0 Å². The van der Waals surface area contributed by atoms with Gasteiger partial charge in [0, 0.05) is 37.7 Å². The van der Waals surface area contributed by atoms with E-state index < -0.39 is 5.60 Å². The third-order valence-corrected chi connectivity index (χ3v) is 5.50. The molecular formula is C18H28N4O3. The zero-order chi connectivity index (χ0) is 18.0. The third-order valence-electron chi connectivity index (χ3n) is 5.50. The van der Waals surface area contributed by atoms with Crippen LogP contribution < -0.4 is 0 Å². The highest BCUT2D eigenvalue weighted by molar-refractivity contribution is 5.95. The van der Waals surface area contributed by atoms with Gasteiger partial charge in [-0.2, -0.15) is 5.10 Å². The summed E-state index contributed by atoms with van der Waals surface area (Å²) in [6, 6.07) is 0.203. The highest BCUT2D eigenvalue weighted by atomic mass is 16.6. The molecule has 1 N–H and O–H groups in total. The molecule has 7 heteroatoms. The van der Waals surface area contributed by atoms with Crippen molar-refractivity contribution in [2.75, 3.05) is 19.6 Å². The Kier molecular flexibility index (Phi) is 5.01. The number of carbonyl (C=O) groups is 2. The van der Waals surface area contributed by atoms with Gasteiger partial charge in [0.15, 0.2) is 0 Å². The molecule has 0 saturated carbocycles. The number of aromatic amines is 1. The number of carbonyl (C=O) groups excluding carboxylic acids is 2. The quantitative estimate of drug-likeness (QED) is 0.887. The van der Waals surface area contributed by atoms with Gasteiger partial charge in [0.2, 0.25) is 0 Å². The van der Waals surface area contributed by atoms with Crippen molar-refractivity contribution in [3.63, 3.8) is 0 Å². The van der Waals surface area contributed by atoms with Gasteiger partial charge in [0.25, 0.3) is 5.91 Å². The van der Waals surface area contributed by atoms with Gasteiger partial charge in [-0.3, -0.25) is 9.89 Å². The van der Waals surface area contributed by atoms with E-state index >= 15 is 0 Å². The molecule has 2 aliphatic rings. The molecule has 1 aromatic rings. The Morgan fingerprint density at radius 1 is 1.40 bits per heavy atom. The summed E-state index contributed by atoms with van der Waals surface area (Å²) in [6.07, 6.45) is 5.57. The van der Waals surface area contributed by atoms with E-state index in [1.54, 1.807) is 6.20 Å². The highest BCUT2D eigenvalue weighted by Crippen LogP contribution is 2.35. The molecule has 1 atom stereocenters. The van der Waals surface area contributed by atoms with Gasteiger partial charge in [-0.15, -0.1) is 0 Å². The monoisotopic (exact) mass is 348 g/mol. The van der Waals surface area contributed by atoms with Crippen LogP contribution in [0.2, 0.25) is 0 Å². The molecule has 2 amide bonds. The number of ether oxygens (including phenoxy) is 1. The maximum Gasteiger partial charge on any atom is 0.410 e. The molecule has 2 fully saturated rings. The molecule has 2 saturated heterocycles. The summed E-state index contributed by atoms with van der Waals surface area (Å²) in [5.41, 5.74) is 1.09. The van der Waals surface area contributed by atoms with Crippen molar-refractivity contribution in [1.82, 2.24) is 20.0 Å². The molecule has 7 nitrogen and oxygen atoms in total. The normalized spacial score (nSPS) is 20.8. The van der Waals surface area contributed by atoms with Gasteiger partial charge in [-0.05, 0) is 19.8 Å². The van der Waals surface area contributed by atoms with E-state index in [0.29, 0.717) is 38.0 Å². The van der Waals surface area contributed by atoms with E-state index in [2.05, 4.69) is 24.0 Å². The Morgan fingerprint density at radius 2 is 2.12 bits per heavy atom. The summed E-state index contributed by atoms with van der Waals surface area (Å²) >= 11 is 0. The molecule has 0 aliphatic carbocycles. The molecule has 0 bridgehead atoms. The van der Waals surface area contributed by atoms with Crippen LogP contribution in [0.3, 0.4) is 0 Å². The Hall–Kier alpha value is -2.05. The molecule has 0 aromatic carbocycles. The van der Waals surface area contributed by atoms with E-state index in [9.17, 15) is 9.59 Å². The van der Waals surface area contributed by atoms with Gasteiger partial charge in [0.1, 0.15) is 5.60 Å². The molecule has 25 heavy (non-hydrogen) atoms. The van der Waals surface area contributed by atoms with Crippen LogP contribution in [-0.2, 0) is 11.2 Å². The zero-order valence-electron chi connectivity index (χ0n) is 15.4. The lowest BCUT2D eigenvalue weighted by molar-refractivity contribution is 0.00304. The molecule has 1 spiro atoms. The Morgan fingerprint density at radius 3 is 2.76 bits per heavy atom. The van der Waals surface area contributed by atoms with Crippen LogP contribution in [0.4, 0.5) is 4.79 Å². The summed E-state index contributed by atoms with van der Waals surface area (Å²) in [5, 5.41) is 6.87. The minimum Gasteiger partial charge on any atom is -0.441 e. The summed E-state index contributed by atoms with van der Waals surface area (Å²) in [6.45, 7) is 8.05. The second-order valence-electron chi connectivity index (χ2n) is 7.22. The van der Waals surface area contributed by atoms with Crippen molar-refractivity contribution >= 4 is 12.0 Å². The number of hydrogen-bond acceptors (Lipinski definition) is 4. The Bertz CT molecular complexity index is 634. The minimum atomic E-state index is -0.431. The predicted octanol–water partition coefficient (Wildman–Crippen LogP) is 2.59. The van der Waals surface area contributed by atoms with Crippen molar-refractivity contribution in [3.05, 3.63) is 17.5 Å². The number of piperidine rings is 1. The van der Waals surface area contributed by atoms with Gasteiger partial charge in [0.05, 0.1) is 18.3 Å². The third kappa shape index (κ3) is 3.37. The Labute approximate surface area is 148 Å². The van der Waals surface area contributed by atoms with Crippen LogP contribution in [-0.4, -0.2) is 63.3 Å². The molecule has 2 aliphatic heterocycles. The number of nitrogens with zero attached hydrogens (tertiary/aromatic N) is 3. The van der Waals surface area contributed by atoms with Crippen LogP contribution >= 0.6 is 0 Å². The largest absolute Gasteiger partial charge is 0.441 e. The number of nitrogens with one attached hydrogen (secondary N) is 1. The van der Waals surface area contributed by atoms with Crippen molar-refractivity contribution in [2.24, 2.45) is 0 Å². The van der Waals surface area contributed by atoms with E-state index in [1.807, 2.05) is 16.7 Å². The standard InChI is InChI=1S/C18H28N4O3/c1-4-6-13(3)22-12-18(25-17(22)24)7-9-21(10-8-18)16(23)14-11-19-20-15(14)5-2/h11,13H,4-10,12H2,1-3H3,(H,19,20). The number of hydrogen-bond donors (Lipinski definition) is 1. The van der Waals surface area contributed by atoms with Crippen molar-refractivity contribution in [3.8, 4) is 0 Å².